The number of aryl methyl sites for hydroxylation is 1. The summed E-state index contributed by atoms with van der Waals surface area (Å²) in [6.07, 6.45) is 6.02. The van der Waals surface area contributed by atoms with E-state index in [9.17, 15) is 0 Å². The van der Waals surface area contributed by atoms with Crippen LogP contribution in [0.25, 0.3) is 0 Å². The van der Waals surface area contributed by atoms with Gasteiger partial charge in [-0.2, -0.15) is 11.8 Å². The molecule has 2 rings (SSSR count). The maximum atomic E-state index is 5.92. The zero-order valence-corrected chi connectivity index (χ0v) is 15.5. The molecule has 0 heterocycles. The predicted octanol–water partition coefficient (Wildman–Crippen LogP) is 3.21. The number of hydrogen-bond acceptors (Lipinski definition) is 3. The van der Waals surface area contributed by atoms with Gasteiger partial charge in [0.15, 0.2) is 5.96 Å². The summed E-state index contributed by atoms with van der Waals surface area (Å²) in [5.74, 6) is 1.78. The molecule has 0 spiro atoms. The smallest absolute Gasteiger partial charge is 0.191 e. The van der Waals surface area contributed by atoms with Crippen molar-refractivity contribution in [1.82, 2.24) is 10.6 Å². The first-order valence-electron chi connectivity index (χ1n) is 8.34. The molecule has 1 aromatic rings. The van der Waals surface area contributed by atoms with Crippen LogP contribution in [-0.2, 0) is 0 Å². The van der Waals surface area contributed by atoms with Crippen molar-refractivity contribution in [3.8, 4) is 5.75 Å². The quantitative estimate of drug-likeness (QED) is 0.619. The van der Waals surface area contributed by atoms with E-state index in [1.807, 2.05) is 30.9 Å². The largest absolute Gasteiger partial charge is 0.489 e. The summed E-state index contributed by atoms with van der Waals surface area (Å²) in [6, 6.07) is 8.70. The Hall–Kier alpha value is -1.36. The van der Waals surface area contributed by atoms with Crippen molar-refractivity contribution < 1.29 is 4.74 Å². The summed E-state index contributed by atoms with van der Waals surface area (Å²) in [4.78, 5) is 4.33. The number of benzene rings is 1. The van der Waals surface area contributed by atoms with Gasteiger partial charge in [-0.25, -0.2) is 0 Å². The van der Waals surface area contributed by atoms with Crippen LogP contribution >= 0.6 is 11.8 Å². The highest BCUT2D eigenvalue weighted by molar-refractivity contribution is 7.99. The molecular formula is C18H29N3OS. The fourth-order valence-electron chi connectivity index (χ4n) is 2.80. The molecule has 1 aromatic carbocycles. The van der Waals surface area contributed by atoms with Crippen molar-refractivity contribution in [1.29, 1.82) is 0 Å². The van der Waals surface area contributed by atoms with Gasteiger partial charge in [0, 0.05) is 18.3 Å². The third-order valence-electron chi connectivity index (χ3n) is 4.20. The van der Waals surface area contributed by atoms with E-state index < -0.39 is 0 Å². The number of thioether (sulfide) groups is 1. The van der Waals surface area contributed by atoms with Gasteiger partial charge in [-0.05, 0) is 51.5 Å². The molecule has 1 fully saturated rings. The summed E-state index contributed by atoms with van der Waals surface area (Å²) < 4.78 is 5.92. The number of nitrogens with one attached hydrogen (secondary N) is 2. The monoisotopic (exact) mass is 335 g/mol. The minimum absolute atomic E-state index is 0.0822. The summed E-state index contributed by atoms with van der Waals surface area (Å²) in [7, 11) is 1.82. The molecule has 0 saturated heterocycles. The SMILES string of the molecule is CN=C(NCC(C)Oc1ccc(C)cc1)NC1CCC(SC)C1. The van der Waals surface area contributed by atoms with Gasteiger partial charge in [-0.1, -0.05) is 17.7 Å². The second kappa shape index (κ2) is 9.06. The zero-order valence-electron chi connectivity index (χ0n) is 14.6. The Morgan fingerprint density at radius 1 is 1.35 bits per heavy atom. The Labute approximate surface area is 144 Å². The van der Waals surface area contributed by atoms with Gasteiger partial charge in [-0.3, -0.25) is 4.99 Å². The highest BCUT2D eigenvalue weighted by atomic mass is 32.2. The number of rotatable bonds is 6. The molecule has 4 nitrogen and oxygen atoms in total. The second-order valence-corrected chi connectivity index (χ2v) is 7.34. The molecule has 0 aromatic heterocycles. The van der Waals surface area contributed by atoms with E-state index in [1.165, 1.54) is 24.8 Å². The number of aliphatic imine (C=N–C) groups is 1. The molecular weight excluding hydrogens is 306 g/mol. The third-order valence-corrected chi connectivity index (χ3v) is 5.29. The number of ether oxygens (including phenoxy) is 1. The van der Waals surface area contributed by atoms with Gasteiger partial charge in [0.25, 0.3) is 0 Å². The topological polar surface area (TPSA) is 45.7 Å². The number of guanidine groups is 1. The summed E-state index contributed by atoms with van der Waals surface area (Å²) in [5, 5.41) is 7.68. The molecule has 1 aliphatic carbocycles. The van der Waals surface area contributed by atoms with E-state index in [0.29, 0.717) is 6.04 Å². The van der Waals surface area contributed by atoms with Crippen molar-refractivity contribution in [2.45, 2.75) is 50.5 Å². The Bertz CT molecular complexity index is 503. The maximum Gasteiger partial charge on any atom is 0.191 e. The van der Waals surface area contributed by atoms with Crippen LogP contribution in [-0.4, -0.2) is 43.2 Å². The fraction of sp³-hybridized carbons (Fsp3) is 0.611. The van der Waals surface area contributed by atoms with Gasteiger partial charge in [0.2, 0.25) is 0 Å². The molecule has 0 radical (unpaired) electrons. The van der Waals surface area contributed by atoms with Crippen LogP contribution in [0.1, 0.15) is 31.7 Å². The van der Waals surface area contributed by atoms with Crippen LogP contribution in [0.2, 0.25) is 0 Å². The minimum atomic E-state index is 0.0822. The van der Waals surface area contributed by atoms with Crippen LogP contribution in [0.3, 0.4) is 0 Å². The lowest BCUT2D eigenvalue weighted by molar-refractivity contribution is 0.223. The van der Waals surface area contributed by atoms with Gasteiger partial charge in [-0.15, -0.1) is 0 Å². The van der Waals surface area contributed by atoms with E-state index >= 15 is 0 Å². The average Bonchev–Trinajstić information content (AvgIpc) is 3.01. The molecule has 0 amide bonds. The third kappa shape index (κ3) is 5.98. The van der Waals surface area contributed by atoms with E-state index in [2.05, 4.69) is 47.9 Å². The first kappa shape index (κ1) is 18.0. The Morgan fingerprint density at radius 2 is 2.09 bits per heavy atom. The first-order valence-corrected chi connectivity index (χ1v) is 9.62. The maximum absolute atomic E-state index is 5.92. The van der Waals surface area contributed by atoms with Crippen molar-refractivity contribution in [3.63, 3.8) is 0 Å². The summed E-state index contributed by atoms with van der Waals surface area (Å²) in [5.41, 5.74) is 1.24. The Kier molecular flexibility index (Phi) is 7.09. The van der Waals surface area contributed by atoms with E-state index in [0.717, 1.165) is 23.5 Å². The summed E-state index contributed by atoms with van der Waals surface area (Å²) >= 11 is 1.97. The molecule has 2 N–H and O–H groups in total. The number of hydrogen-bond donors (Lipinski definition) is 2. The van der Waals surface area contributed by atoms with Crippen molar-refractivity contribution in [2.24, 2.45) is 4.99 Å². The lowest BCUT2D eigenvalue weighted by Gasteiger charge is -2.20. The van der Waals surface area contributed by atoms with Crippen molar-refractivity contribution in [3.05, 3.63) is 29.8 Å². The molecule has 3 unspecified atom stereocenters. The van der Waals surface area contributed by atoms with E-state index in [4.69, 9.17) is 4.74 Å². The molecule has 23 heavy (non-hydrogen) atoms. The van der Waals surface area contributed by atoms with Crippen molar-refractivity contribution >= 4 is 17.7 Å². The van der Waals surface area contributed by atoms with Crippen molar-refractivity contribution in [2.75, 3.05) is 19.8 Å². The highest BCUT2D eigenvalue weighted by Crippen LogP contribution is 2.27. The number of nitrogens with zero attached hydrogens (tertiary/aromatic N) is 1. The van der Waals surface area contributed by atoms with Gasteiger partial charge < -0.3 is 15.4 Å². The first-order chi connectivity index (χ1) is 11.1. The van der Waals surface area contributed by atoms with E-state index in [-0.39, 0.29) is 6.10 Å². The van der Waals surface area contributed by atoms with Crippen LogP contribution in [0.4, 0.5) is 0 Å². The molecule has 1 saturated carbocycles. The van der Waals surface area contributed by atoms with Crippen LogP contribution in [0, 0.1) is 6.92 Å². The lowest BCUT2D eigenvalue weighted by atomic mass is 10.2. The normalized spacial score (nSPS) is 22.7. The second-order valence-electron chi connectivity index (χ2n) is 6.21. The zero-order chi connectivity index (χ0) is 16.7. The molecule has 3 atom stereocenters. The van der Waals surface area contributed by atoms with Crippen LogP contribution < -0.4 is 15.4 Å². The summed E-state index contributed by atoms with van der Waals surface area (Å²) in [6.45, 7) is 4.88. The lowest BCUT2D eigenvalue weighted by Crippen LogP contribution is -2.45. The molecule has 5 heteroatoms. The van der Waals surface area contributed by atoms with Gasteiger partial charge in [0.1, 0.15) is 11.9 Å². The van der Waals surface area contributed by atoms with E-state index in [1.54, 1.807) is 0 Å². The molecule has 0 aliphatic heterocycles. The van der Waals surface area contributed by atoms with Crippen LogP contribution in [0.5, 0.6) is 5.75 Å². The Morgan fingerprint density at radius 3 is 2.70 bits per heavy atom. The highest BCUT2D eigenvalue weighted by Gasteiger charge is 2.24. The molecule has 0 bridgehead atoms. The van der Waals surface area contributed by atoms with Gasteiger partial charge >= 0.3 is 0 Å². The minimum Gasteiger partial charge on any atom is -0.489 e. The Balaban J connectivity index is 1.73. The van der Waals surface area contributed by atoms with Gasteiger partial charge in [0.05, 0.1) is 6.54 Å². The predicted molar refractivity (Wildman–Crippen MR) is 101 cm³/mol. The molecule has 128 valence electrons. The standard InChI is InChI=1S/C18H29N3OS/c1-13-5-8-16(9-6-13)22-14(2)12-20-18(19-3)21-15-7-10-17(11-15)23-4/h5-6,8-9,14-15,17H,7,10-12H2,1-4H3,(H2,19,20,21). The molecule has 1 aliphatic rings. The average molecular weight is 336 g/mol. The van der Waals surface area contributed by atoms with Crippen LogP contribution in [0.15, 0.2) is 29.3 Å². The fourth-order valence-corrected chi connectivity index (χ4v) is 3.60.